The lowest BCUT2D eigenvalue weighted by Gasteiger charge is -2.34. The smallest absolute Gasteiger partial charge is 0.0305 e. The minimum atomic E-state index is 0.394. The van der Waals surface area contributed by atoms with Crippen LogP contribution in [0.5, 0.6) is 0 Å². The van der Waals surface area contributed by atoms with E-state index in [9.17, 15) is 0 Å². The Balaban J connectivity index is 1.91. The van der Waals surface area contributed by atoms with E-state index in [2.05, 4.69) is 71.3 Å². The van der Waals surface area contributed by atoms with Crippen molar-refractivity contribution in [2.45, 2.75) is 38.8 Å². The summed E-state index contributed by atoms with van der Waals surface area (Å²) in [4.78, 5) is 2.43. The summed E-state index contributed by atoms with van der Waals surface area (Å²) in [6.45, 7) is 7.06. The van der Waals surface area contributed by atoms with Crippen LogP contribution in [0.15, 0.2) is 28.7 Å². The molecule has 1 aliphatic heterocycles. The van der Waals surface area contributed by atoms with E-state index in [4.69, 9.17) is 0 Å². The Kier molecular flexibility index (Phi) is 5.43. The summed E-state index contributed by atoms with van der Waals surface area (Å²) < 4.78 is 1.20. The van der Waals surface area contributed by atoms with Crippen molar-refractivity contribution in [1.29, 1.82) is 0 Å². The van der Waals surface area contributed by atoms with Crippen LogP contribution in [-0.2, 0) is 0 Å². The van der Waals surface area contributed by atoms with E-state index in [0.717, 1.165) is 5.92 Å². The fourth-order valence-corrected chi connectivity index (χ4v) is 3.60. The molecule has 1 heterocycles. The van der Waals surface area contributed by atoms with Gasteiger partial charge in [0.2, 0.25) is 0 Å². The zero-order valence-corrected chi connectivity index (χ0v) is 13.8. The summed E-state index contributed by atoms with van der Waals surface area (Å²) in [5.74, 6) is 0.807. The molecule has 106 valence electrons. The van der Waals surface area contributed by atoms with Gasteiger partial charge in [-0.15, -0.1) is 0 Å². The first-order valence-corrected chi connectivity index (χ1v) is 8.06. The molecule has 1 aliphatic rings. The van der Waals surface area contributed by atoms with Gasteiger partial charge >= 0.3 is 0 Å². The number of nitrogens with zero attached hydrogens (tertiary/aromatic N) is 1. The van der Waals surface area contributed by atoms with Gasteiger partial charge in [0.1, 0.15) is 0 Å². The molecular formula is C16H25BrN2. The molecule has 0 radical (unpaired) electrons. The van der Waals surface area contributed by atoms with Gasteiger partial charge in [-0.1, -0.05) is 34.1 Å². The third-order valence-electron chi connectivity index (χ3n) is 4.35. The minimum absolute atomic E-state index is 0.394. The van der Waals surface area contributed by atoms with Crippen LogP contribution < -0.4 is 5.32 Å². The van der Waals surface area contributed by atoms with Crippen molar-refractivity contribution in [3.8, 4) is 0 Å². The fraction of sp³-hybridized carbons (Fsp3) is 0.625. The zero-order chi connectivity index (χ0) is 13.8. The van der Waals surface area contributed by atoms with Crippen molar-refractivity contribution in [3.63, 3.8) is 0 Å². The van der Waals surface area contributed by atoms with Crippen LogP contribution in [0.2, 0.25) is 0 Å². The van der Waals surface area contributed by atoms with Gasteiger partial charge in [0.05, 0.1) is 0 Å². The molecule has 0 saturated carbocycles. The van der Waals surface area contributed by atoms with Crippen molar-refractivity contribution < 1.29 is 0 Å². The van der Waals surface area contributed by atoms with E-state index in [1.54, 1.807) is 0 Å². The first-order valence-electron chi connectivity index (χ1n) is 7.27. The highest BCUT2D eigenvalue weighted by atomic mass is 79.9. The average molecular weight is 325 g/mol. The van der Waals surface area contributed by atoms with E-state index in [1.807, 2.05) is 0 Å². The van der Waals surface area contributed by atoms with Gasteiger partial charge in [0, 0.05) is 16.6 Å². The molecule has 2 atom stereocenters. The van der Waals surface area contributed by atoms with E-state index in [0.29, 0.717) is 12.1 Å². The normalized spacial score (nSPS) is 21.3. The Morgan fingerprint density at radius 1 is 1.21 bits per heavy atom. The Morgan fingerprint density at radius 2 is 1.84 bits per heavy atom. The molecule has 1 saturated heterocycles. The summed E-state index contributed by atoms with van der Waals surface area (Å²) >= 11 is 3.64. The molecule has 0 aromatic heterocycles. The highest BCUT2D eigenvalue weighted by Gasteiger charge is 2.23. The third kappa shape index (κ3) is 4.04. The number of rotatable bonds is 4. The first kappa shape index (κ1) is 15.0. The average Bonchev–Trinajstić information content (AvgIpc) is 2.39. The molecule has 2 rings (SSSR count). The number of hydrogen-bond acceptors (Lipinski definition) is 2. The van der Waals surface area contributed by atoms with Crippen molar-refractivity contribution in [1.82, 2.24) is 10.2 Å². The Bertz CT molecular complexity index is 399. The molecule has 1 unspecified atom stereocenters. The maximum atomic E-state index is 3.77. The second kappa shape index (κ2) is 6.87. The Labute approximate surface area is 125 Å². The molecule has 1 aromatic carbocycles. The largest absolute Gasteiger partial charge is 0.307 e. The lowest BCUT2D eigenvalue weighted by molar-refractivity contribution is 0.185. The fourth-order valence-electron chi connectivity index (χ4n) is 2.98. The number of hydrogen-bond donors (Lipinski definition) is 1. The lowest BCUT2D eigenvalue weighted by atomic mass is 9.90. The summed E-state index contributed by atoms with van der Waals surface area (Å²) in [6.07, 6.45) is 2.63. The highest BCUT2D eigenvalue weighted by molar-refractivity contribution is 9.10. The van der Waals surface area contributed by atoms with Gasteiger partial charge < -0.3 is 10.2 Å². The monoisotopic (exact) mass is 324 g/mol. The predicted molar refractivity (Wildman–Crippen MR) is 85.4 cm³/mol. The molecule has 0 aliphatic carbocycles. The molecular weight excluding hydrogens is 300 g/mol. The number of nitrogens with one attached hydrogen (secondary N) is 1. The van der Waals surface area contributed by atoms with Crippen molar-refractivity contribution >= 4 is 15.9 Å². The van der Waals surface area contributed by atoms with E-state index in [1.165, 1.54) is 36.0 Å². The summed E-state index contributed by atoms with van der Waals surface area (Å²) in [7, 11) is 2.22. The Morgan fingerprint density at radius 3 is 2.47 bits per heavy atom. The second-order valence-corrected chi connectivity index (χ2v) is 6.69. The van der Waals surface area contributed by atoms with Crippen molar-refractivity contribution in [3.05, 3.63) is 34.3 Å². The summed E-state index contributed by atoms with van der Waals surface area (Å²) in [5.41, 5.74) is 1.35. The highest BCUT2D eigenvalue weighted by Crippen LogP contribution is 2.26. The van der Waals surface area contributed by atoms with Crippen LogP contribution in [0.3, 0.4) is 0 Å². The zero-order valence-electron chi connectivity index (χ0n) is 12.2. The van der Waals surface area contributed by atoms with Crippen molar-refractivity contribution in [2.75, 3.05) is 20.1 Å². The quantitative estimate of drug-likeness (QED) is 0.905. The van der Waals surface area contributed by atoms with Gasteiger partial charge in [-0.3, -0.25) is 0 Å². The van der Waals surface area contributed by atoms with Crippen LogP contribution in [0.25, 0.3) is 0 Å². The van der Waals surface area contributed by atoms with Gasteiger partial charge in [-0.2, -0.15) is 0 Å². The van der Waals surface area contributed by atoms with Gasteiger partial charge in [-0.05, 0) is 64.4 Å². The van der Waals surface area contributed by atoms with Crippen LogP contribution in [0.1, 0.15) is 38.3 Å². The first-order chi connectivity index (χ1) is 9.08. The number of piperidine rings is 1. The molecule has 19 heavy (non-hydrogen) atoms. The maximum Gasteiger partial charge on any atom is 0.0305 e. The second-order valence-electron chi connectivity index (χ2n) is 5.84. The molecule has 3 heteroatoms. The molecule has 1 fully saturated rings. The molecule has 0 bridgehead atoms. The Hall–Kier alpha value is -0.380. The molecule has 0 amide bonds. The lowest BCUT2D eigenvalue weighted by Crippen LogP contribution is -2.41. The predicted octanol–water partition coefficient (Wildman–Crippen LogP) is 3.83. The van der Waals surface area contributed by atoms with E-state index in [-0.39, 0.29) is 0 Å². The SMILES string of the molecule is CC(N[C@H](C)c1ccccc1Br)C1CCN(C)CC1. The third-order valence-corrected chi connectivity index (χ3v) is 5.08. The molecule has 1 N–H and O–H groups in total. The van der Waals surface area contributed by atoms with Crippen LogP contribution >= 0.6 is 15.9 Å². The number of halogens is 1. The van der Waals surface area contributed by atoms with E-state index >= 15 is 0 Å². The number of benzene rings is 1. The van der Waals surface area contributed by atoms with Gasteiger partial charge in [0.15, 0.2) is 0 Å². The van der Waals surface area contributed by atoms with Gasteiger partial charge in [-0.25, -0.2) is 0 Å². The maximum absolute atomic E-state index is 3.77. The van der Waals surface area contributed by atoms with Crippen LogP contribution in [-0.4, -0.2) is 31.1 Å². The number of likely N-dealkylation sites (tertiary alicyclic amines) is 1. The van der Waals surface area contributed by atoms with E-state index < -0.39 is 0 Å². The summed E-state index contributed by atoms with van der Waals surface area (Å²) in [6, 6.07) is 9.47. The molecule has 2 nitrogen and oxygen atoms in total. The molecule has 0 spiro atoms. The van der Waals surface area contributed by atoms with Crippen LogP contribution in [0, 0.1) is 5.92 Å². The minimum Gasteiger partial charge on any atom is -0.307 e. The molecule has 1 aromatic rings. The van der Waals surface area contributed by atoms with Gasteiger partial charge in [0.25, 0.3) is 0 Å². The van der Waals surface area contributed by atoms with Crippen molar-refractivity contribution in [2.24, 2.45) is 5.92 Å². The van der Waals surface area contributed by atoms with Crippen LogP contribution in [0.4, 0.5) is 0 Å². The summed E-state index contributed by atoms with van der Waals surface area (Å²) in [5, 5.41) is 3.77. The topological polar surface area (TPSA) is 15.3 Å². The standard InChI is InChI=1S/C16H25BrN2/c1-12(14-8-10-19(3)11-9-14)18-13(2)15-6-4-5-7-16(15)17/h4-7,12-14,18H,8-11H2,1-3H3/t12?,13-/m1/s1.